The number of ether oxygens (including phenoxy) is 1. The third-order valence-corrected chi connectivity index (χ3v) is 3.67. The van der Waals surface area contributed by atoms with Crippen LogP contribution in [0.15, 0.2) is 6.07 Å². The summed E-state index contributed by atoms with van der Waals surface area (Å²) in [5.41, 5.74) is 6.48. The van der Waals surface area contributed by atoms with Crippen molar-refractivity contribution in [2.24, 2.45) is 11.1 Å². The third kappa shape index (κ3) is 3.20. The van der Waals surface area contributed by atoms with Gasteiger partial charge in [0.1, 0.15) is 0 Å². The van der Waals surface area contributed by atoms with Crippen molar-refractivity contribution in [3.63, 3.8) is 0 Å². The Morgan fingerprint density at radius 3 is 2.79 bits per heavy atom. The summed E-state index contributed by atoms with van der Waals surface area (Å²) in [5.74, 6) is 0.645. The SMILES string of the molecule is COc1cc(C)nc(NC(=O)CC2(CN)CCC2)n1. The summed E-state index contributed by atoms with van der Waals surface area (Å²) in [7, 11) is 1.53. The monoisotopic (exact) mass is 264 g/mol. The molecule has 0 atom stereocenters. The van der Waals surface area contributed by atoms with Gasteiger partial charge in [0.05, 0.1) is 7.11 Å². The number of hydrogen-bond donors (Lipinski definition) is 2. The predicted octanol–water partition coefficient (Wildman–Crippen LogP) is 1.25. The Labute approximate surface area is 112 Å². The smallest absolute Gasteiger partial charge is 0.232 e. The first-order valence-electron chi connectivity index (χ1n) is 6.46. The van der Waals surface area contributed by atoms with Gasteiger partial charge in [0, 0.05) is 18.2 Å². The van der Waals surface area contributed by atoms with Gasteiger partial charge in [-0.05, 0) is 31.7 Å². The fourth-order valence-corrected chi connectivity index (χ4v) is 2.34. The molecule has 1 saturated carbocycles. The summed E-state index contributed by atoms with van der Waals surface area (Å²) in [6.45, 7) is 2.38. The zero-order valence-corrected chi connectivity index (χ0v) is 11.4. The van der Waals surface area contributed by atoms with Gasteiger partial charge in [-0.1, -0.05) is 6.42 Å². The van der Waals surface area contributed by atoms with Crippen LogP contribution in [0.1, 0.15) is 31.4 Å². The Hall–Kier alpha value is -1.69. The molecular formula is C13H20N4O2. The Kier molecular flexibility index (Phi) is 3.99. The Balaban J connectivity index is 2.00. The van der Waals surface area contributed by atoms with Gasteiger partial charge in [-0.2, -0.15) is 4.98 Å². The molecule has 1 aliphatic rings. The highest BCUT2D eigenvalue weighted by molar-refractivity contribution is 5.89. The molecule has 1 heterocycles. The van der Waals surface area contributed by atoms with E-state index >= 15 is 0 Å². The van der Waals surface area contributed by atoms with Crippen molar-refractivity contribution in [3.05, 3.63) is 11.8 Å². The number of methoxy groups -OCH3 is 1. The van der Waals surface area contributed by atoms with E-state index in [4.69, 9.17) is 10.5 Å². The third-order valence-electron chi connectivity index (χ3n) is 3.67. The van der Waals surface area contributed by atoms with Crippen LogP contribution in [0.4, 0.5) is 5.95 Å². The number of nitrogens with zero attached hydrogens (tertiary/aromatic N) is 2. The highest BCUT2D eigenvalue weighted by Gasteiger charge is 2.37. The minimum absolute atomic E-state index is 0.0159. The molecule has 6 heteroatoms. The van der Waals surface area contributed by atoms with Crippen molar-refractivity contribution in [3.8, 4) is 5.88 Å². The van der Waals surface area contributed by atoms with Gasteiger partial charge in [-0.3, -0.25) is 10.1 Å². The molecule has 3 N–H and O–H groups in total. The van der Waals surface area contributed by atoms with E-state index < -0.39 is 0 Å². The molecule has 0 saturated heterocycles. The number of rotatable bonds is 5. The topological polar surface area (TPSA) is 90.1 Å². The predicted molar refractivity (Wildman–Crippen MR) is 71.9 cm³/mol. The Morgan fingerprint density at radius 1 is 1.53 bits per heavy atom. The molecule has 1 aliphatic carbocycles. The van der Waals surface area contributed by atoms with Gasteiger partial charge in [0.2, 0.25) is 17.7 Å². The fraction of sp³-hybridized carbons (Fsp3) is 0.615. The van der Waals surface area contributed by atoms with E-state index in [1.165, 1.54) is 7.11 Å². The molecule has 1 aromatic heterocycles. The van der Waals surface area contributed by atoms with Crippen LogP contribution >= 0.6 is 0 Å². The fourth-order valence-electron chi connectivity index (χ4n) is 2.34. The standard InChI is InChI=1S/C13H20N4O2/c1-9-6-11(19-2)17-12(15-9)16-10(18)7-13(8-14)4-3-5-13/h6H,3-5,7-8,14H2,1-2H3,(H,15,16,17,18). The largest absolute Gasteiger partial charge is 0.481 e. The first kappa shape index (κ1) is 13.7. The molecule has 6 nitrogen and oxygen atoms in total. The lowest BCUT2D eigenvalue weighted by atomic mass is 9.66. The molecule has 2 rings (SSSR count). The number of nitrogens with one attached hydrogen (secondary N) is 1. The zero-order valence-electron chi connectivity index (χ0n) is 11.4. The molecule has 104 valence electrons. The molecule has 1 aromatic rings. The first-order chi connectivity index (χ1) is 9.07. The molecule has 0 unspecified atom stereocenters. The van der Waals surface area contributed by atoms with Gasteiger partial charge < -0.3 is 10.5 Å². The van der Waals surface area contributed by atoms with Crippen molar-refractivity contribution < 1.29 is 9.53 Å². The van der Waals surface area contributed by atoms with Crippen LogP contribution in [0, 0.1) is 12.3 Å². The van der Waals surface area contributed by atoms with E-state index in [9.17, 15) is 4.79 Å². The molecule has 0 radical (unpaired) electrons. The van der Waals surface area contributed by atoms with Crippen LogP contribution in [0.25, 0.3) is 0 Å². The molecule has 0 aromatic carbocycles. The maximum Gasteiger partial charge on any atom is 0.232 e. The quantitative estimate of drug-likeness (QED) is 0.835. The lowest BCUT2D eigenvalue weighted by Crippen LogP contribution is -2.40. The highest BCUT2D eigenvalue weighted by Crippen LogP contribution is 2.42. The summed E-state index contributed by atoms with van der Waals surface area (Å²) in [6.07, 6.45) is 3.63. The second kappa shape index (κ2) is 5.52. The van der Waals surface area contributed by atoms with Gasteiger partial charge in [0.15, 0.2) is 0 Å². The second-order valence-electron chi connectivity index (χ2n) is 5.16. The molecular weight excluding hydrogens is 244 g/mol. The van der Waals surface area contributed by atoms with Crippen molar-refractivity contribution in [1.29, 1.82) is 0 Å². The van der Waals surface area contributed by atoms with E-state index in [0.717, 1.165) is 25.0 Å². The number of carbonyl (C=O) groups is 1. The molecule has 0 aliphatic heterocycles. The van der Waals surface area contributed by atoms with Gasteiger partial charge in [0.25, 0.3) is 0 Å². The van der Waals surface area contributed by atoms with Crippen LogP contribution in [0.5, 0.6) is 5.88 Å². The normalized spacial score (nSPS) is 16.6. The van der Waals surface area contributed by atoms with Crippen LogP contribution in [-0.2, 0) is 4.79 Å². The molecule has 19 heavy (non-hydrogen) atoms. The van der Waals surface area contributed by atoms with E-state index in [0.29, 0.717) is 18.8 Å². The first-order valence-corrected chi connectivity index (χ1v) is 6.46. The number of nitrogens with two attached hydrogens (primary N) is 1. The number of aryl methyl sites for hydroxylation is 1. The van der Waals surface area contributed by atoms with Gasteiger partial charge in [-0.25, -0.2) is 4.98 Å². The van der Waals surface area contributed by atoms with Crippen LogP contribution in [0.2, 0.25) is 0 Å². The molecule has 0 bridgehead atoms. The summed E-state index contributed by atoms with van der Waals surface area (Å²) in [5, 5.41) is 2.72. The summed E-state index contributed by atoms with van der Waals surface area (Å²) < 4.78 is 5.05. The van der Waals surface area contributed by atoms with E-state index in [-0.39, 0.29) is 17.3 Å². The van der Waals surface area contributed by atoms with Crippen molar-refractivity contribution in [2.75, 3.05) is 19.0 Å². The van der Waals surface area contributed by atoms with Gasteiger partial charge >= 0.3 is 0 Å². The summed E-state index contributed by atoms with van der Waals surface area (Å²) in [4.78, 5) is 20.3. The lowest BCUT2D eigenvalue weighted by molar-refractivity contribution is -0.119. The number of aromatic nitrogens is 2. The zero-order chi connectivity index (χ0) is 13.9. The van der Waals surface area contributed by atoms with Crippen molar-refractivity contribution in [1.82, 2.24) is 9.97 Å². The molecule has 0 spiro atoms. The van der Waals surface area contributed by atoms with Crippen LogP contribution < -0.4 is 15.8 Å². The number of carbonyl (C=O) groups excluding carboxylic acids is 1. The number of anilines is 1. The van der Waals surface area contributed by atoms with E-state index in [2.05, 4.69) is 15.3 Å². The highest BCUT2D eigenvalue weighted by atomic mass is 16.5. The number of amides is 1. The minimum atomic E-state index is -0.0854. The van der Waals surface area contributed by atoms with Crippen molar-refractivity contribution in [2.45, 2.75) is 32.6 Å². The Bertz CT molecular complexity index is 466. The maximum absolute atomic E-state index is 12.0. The Morgan fingerprint density at radius 2 is 2.26 bits per heavy atom. The van der Waals surface area contributed by atoms with Gasteiger partial charge in [-0.15, -0.1) is 0 Å². The maximum atomic E-state index is 12.0. The summed E-state index contributed by atoms with van der Waals surface area (Å²) >= 11 is 0. The van der Waals surface area contributed by atoms with E-state index in [1.54, 1.807) is 6.07 Å². The second-order valence-corrected chi connectivity index (χ2v) is 5.16. The summed E-state index contributed by atoms with van der Waals surface area (Å²) in [6, 6.07) is 1.71. The average molecular weight is 264 g/mol. The van der Waals surface area contributed by atoms with E-state index in [1.807, 2.05) is 6.92 Å². The van der Waals surface area contributed by atoms with Crippen LogP contribution in [0.3, 0.4) is 0 Å². The average Bonchev–Trinajstić information content (AvgIpc) is 2.33. The minimum Gasteiger partial charge on any atom is -0.481 e. The molecule has 1 amide bonds. The lowest BCUT2D eigenvalue weighted by Gasteiger charge is -2.40. The van der Waals surface area contributed by atoms with Crippen LogP contribution in [-0.4, -0.2) is 29.5 Å². The number of hydrogen-bond acceptors (Lipinski definition) is 5. The molecule has 1 fully saturated rings. The van der Waals surface area contributed by atoms with Crippen molar-refractivity contribution >= 4 is 11.9 Å².